The maximum Gasteiger partial charge on any atom is 0.214 e. The fraction of sp³-hybridized carbons (Fsp3) is 0.480. The monoisotopic (exact) mass is 391 g/mol. The Morgan fingerprint density at radius 3 is 2.34 bits per heavy atom. The van der Waals surface area contributed by atoms with Gasteiger partial charge >= 0.3 is 0 Å². The van der Waals surface area contributed by atoms with Crippen LogP contribution in [0.1, 0.15) is 43.4 Å². The highest BCUT2D eigenvalue weighted by Gasteiger charge is 2.47. The van der Waals surface area contributed by atoms with Crippen LogP contribution in [0.15, 0.2) is 48.5 Å². The predicted molar refractivity (Wildman–Crippen MR) is 119 cm³/mol. The number of piperidine rings is 1. The molecular weight excluding hydrogens is 358 g/mol. The third-order valence-corrected chi connectivity index (χ3v) is 6.86. The van der Waals surface area contributed by atoms with Gasteiger partial charge in [0.25, 0.3) is 0 Å². The van der Waals surface area contributed by atoms with E-state index >= 15 is 0 Å². The van der Waals surface area contributed by atoms with E-state index in [0.717, 1.165) is 0 Å². The van der Waals surface area contributed by atoms with Gasteiger partial charge in [-0.15, -0.1) is 0 Å². The number of aryl methyl sites for hydroxylation is 1. The molecule has 3 aliphatic rings. The van der Waals surface area contributed by atoms with E-state index in [0.29, 0.717) is 11.5 Å². The van der Waals surface area contributed by atoms with Crippen molar-refractivity contribution >= 4 is 5.91 Å². The second-order valence-electron chi connectivity index (χ2n) is 9.15. The second kappa shape index (κ2) is 8.29. The molecule has 2 heterocycles. The van der Waals surface area contributed by atoms with E-state index in [9.17, 15) is 4.79 Å². The minimum absolute atomic E-state index is 0.333. The number of benzene rings is 2. The zero-order valence-electron chi connectivity index (χ0n) is 17.7. The molecule has 154 valence electrons. The average molecular weight is 392 g/mol. The topological polar surface area (TPSA) is 49.6 Å². The van der Waals surface area contributed by atoms with Crippen molar-refractivity contribution in [2.24, 2.45) is 11.1 Å². The first-order valence-corrected chi connectivity index (χ1v) is 10.8. The molecule has 0 radical (unpaired) electrons. The number of fused-ring (bicyclic) bond motifs is 1. The Balaban J connectivity index is 0.000000472. The van der Waals surface area contributed by atoms with Crippen molar-refractivity contribution in [3.05, 3.63) is 59.7 Å². The number of likely N-dealkylation sites (tertiary alicyclic amines) is 2. The number of rotatable bonds is 2. The number of hydrogen-bond acceptors (Lipinski definition) is 3. The molecule has 2 fully saturated rings. The van der Waals surface area contributed by atoms with Gasteiger partial charge in [-0.2, -0.15) is 0 Å². The molecule has 2 aromatic carbocycles. The van der Waals surface area contributed by atoms with Crippen LogP contribution in [-0.2, 0) is 11.2 Å². The standard InChI is InChI=1S/C23H28N2.C2H5NO/c1-24-13-11-23(12-14-24)16-25(17-23)22-10-8-20-15-19(7-9-21(20)22)18-5-3-2-4-6-18;1-2(3)4/h2-7,9,15,22H,8,10-14,16-17H2,1H3;1H3,(H2,3,4)/t22-;/m1./s1. The van der Waals surface area contributed by atoms with E-state index in [1.807, 2.05) is 0 Å². The Morgan fingerprint density at radius 2 is 1.69 bits per heavy atom. The number of carbonyl (C=O) groups is 1. The van der Waals surface area contributed by atoms with E-state index in [4.69, 9.17) is 0 Å². The summed E-state index contributed by atoms with van der Waals surface area (Å²) in [6.45, 7) is 6.53. The van der Waals surface area contributed by atoms with Crippen LogP contribution >= 0.6 is 0 Å². The van der Waals surface area contributed by atoms with Crippen molar-refractivity contribution in [2.75, 3.05) is 33.2 Å². The predicted octanol–water partition coefficient (Wildman–Crippen LogP) is 3.86. The molecule has 0 saturated carbocycles. The van der Waals surface area contributed by atoms with Crippen LogP contribution in [0.2, 0.25) is 0 Å². The molecule has 4 heteroatoms. The Hall–Kier alpha value is -2.17. The summed E-state index contributed by atoms with van der Waals surface area (Å²) < 4.78 is 0. The van der Waals surface area contributed by atoms with Crippen LogP contribution in [0.4, 0.5) is 0 Å². The number of hydrogen-bond donors (Lipinski definition) is 1. The van der Waals surface area contributed by atoms with Gasteiger partial charge in [-0.25, -0.2) is 0 Å². The molecule has 5 rings (SSSR count). The summed E-state index contributed by atoms with van der Waals surface area (Å²) in [5, 5.41) is 0. The molecule has 2 N–H and O–H groups in total. The maximum atomic E-state index is 9.22. The van der Waals surface area contributed by atoms with Gasteiger partial charge in [0, 0.05) is 26.1 Å². The molecule has 2 saturated heterocycles. The molecule has 0 unspecified atom stereocenters. The van der Waals surface area contributed by atoms with Crippen molar-refractivity contribution in [3.63, 3.8) is 0 Å². The summed E-state index contributed by atoms with van der Waals surface area (Å²) in [6, 6.07) is 18.6. The summed E-state index contributed by atoms with van der Waals surface area (Å²) in [5.74, 6) is -0.333. The van der Waals surface area contributed by atoms with Crippen molar-refractivity contribution < 1.29 is 4.79 Å². The molecule has 1 atom stereocenters. The zero-order chi connectivity index (χ0) is 20.4. The maximum absolute atomic E-state index is 9.22. The molecule has 1 aliphatic carbocycles. The third kappa shape index (κ3) is 4.39. The van der Waals surface area contributed by atoms with Gasteiger partial charge in [0.1, 0.15) is 0 Å². The third-order valence-electron chi connectivity index (χ3n) is 6.86. The Bertz CT molecular complexity index is 844. The van der Waals surface area contributed by atoms with Gasteiger partial charge in [-0.1, -0.05) is 48.5 Å². The lowest BCUT2D eigenvalue weighted by Gasteiger charge is -2.56. The molecule has 4 nitrogen and oxygen atoms in total. The molecule has 2 aliphatic heterocycles. The molecule has 1 amide bonds. The Labute approximate surface area is 174 Å². The van der Waals surface area contributed by atoms with E-state index in [1.54, 1.807) is 11.1 Å². The van der Waals surface area contributed by atoms with Crippen LogP contribution in [0, 0.1) is 5.41 Å². The van der Waals surface area contributed by atoms with Crippen LogP contribution in [0.25, 0.3) is 11.1 Å². The molecule has 0 bridgehead atoms. The molecular formula is C25H33N3O. The van der Waals surface area contributed by atoms with E-state index in [2.05, 4.69) is 71.1 Å². The lowest BCUT2D eigenvalue weighted by Crippen LogP contribution is -2.60. The van der Waals surface area contributed by atoms with Crippen LogP contribution in [0.5, 0.6) is 0 Å². The van der Waals surface area contributed by atoms with E-state index in [-0.39, 0.29) is 5.91 Å². The van der Waals surface area contributed by atoms with Crippen molar-refractivity contribution in [1.82, 2.24) is 9.80 Å². The van der Waals surface area contributed by atoms with Crippen molar-refractivity contribution in [2.45, 2.75) is 38.6 Å². The summed E-state index contributed by atoms with van der Waals surface area (Å²) in [4.78, 5) is 14.5. The fourth-order valence-electron chi connectivity index (χ4n) is 5.23. The van der Waals surface area contributed by atoms with Gasteiger partial charge in [-0.3, -0.25) is 9.69 Å². The number of nitrogens with two attached hydrogens (primary N) is 1. The first-order valence-electron chi connectivity index (χ1n) is 10.8. The quantitative estimate of drug-likeness (QED) is 0.846. The van der Waals surface area contributed by atoms with Gasteiger partial charge in [-0.05, 0) is 73.5 Å². The zero-order valence-corrected chi connectivity index (χ0v) is 17.7. The normalized spacial score (nSPS) is 23.0. The smallest absolute Gasteiger partial charge is 0.214 e. The first kappa shape index (κ1) is 20.1. The molecule has 1 spiro atoms. The summed E-state index contributed by atoms with van der Waals surface area (Å²) >= 11 is 0. The molecule has 2 aromatic rings. The summed E-state index contributed by atoms with van der Waals surface area (Å²) in [6.07, 6.45) is 5.34. The van der Waals surface area contributed by atoms with Gasteiger partial charge in [0.2, 0.25) is 5.91 Å². The van der Waals surface area contributed by atoms with Crippen molar-refractivity contribution in [3.8, 4) is 11.1 Å². The molecule has 29 heavy (non-hydrogen) atoms. The van der Waals surface area contributed by atoms with Gasteiger partial charge in [0.05, 0.1) is 0 Å². The number of nitrogens with zero attached hydrogens (tertiary/aromatic N) is 2. The lowest BCUT2D eigenvalue weighted by atomic mass is 9.71. The number of primary amides is 1. The highest BCUT2D eigenvalue weighted by atomic mass is 16.1. The van der Waals surface area contributed by atoms with Crippen LogP contribution in [-0.4, -0.2) is 48.9 Å². The Morgan fingerprint density at radius 1 is 1.03 bits per heavy atom. The van der Waals surface area contributed by atoms with E-state index in [1.165, 1.54) is 69.9 Å². The SMILES string of the molecule is CC(N)=O.CN1CCC2(CC1)CN([C@@H]1CCc3cc(-c4ccccc4)ccc31)C2. The summed E-state index contributed by atoms with van der Waals surface area (Å²) in [5.41, 5.74) is 11.0. The minimum Gasteiger partial charge on any atom is -0.370 e. The Kier molecular flexibility index (Phi) is 5.75. The molecule has 0 aromatic heterocycles. The first-order chi connectivity index (χ1) is 14.0. The average Bonchev–Trinajstić information content (AvgIpc) is 3.10. The van der Waals surface area contributed by atoms with Gasteiger partial charge < -0.3 is 10.6 Å². The highest BCUT2D eigenvalue weighted by molar-refractivity contribution is 5.70. The lowest BCUT2D eigenvalue weighted by molar-refractivity contribution is -0.115. The van der Waals surface area contributed by atoms with E-state index < -0.39 is 0 Å². The summed E-state index contributed by atoms with van der Waals surface area (Å²) in [7, 11) is 2.26. The number of carbonyl (C=O) groups excluding carboxylic acids is 1. The highest BCUT2D eigenvalue weighted by Crippen LogP contribution is 2.47. The van der Waals surface area contributed by atoms with Gasteiger partial charge in [0.15, 0.2) is 0 Å². The fourth-order valence-corrected chi connectivity index (χ4v) is 5.23. The second-order valence-corrected chi connectivity index (χ2v) is 9.15. The van der Waals surface area contributed by atoms with Crippen LogP contribution < -0.4 is 5.73 Å². The van der Waals surface area contributed by atoms with Crippen LogP contribution in [0.3, 0.4) is 0 Å². The van der Waals surface area contributed by atoms with Crippen molar-refractivity contribution in [1.29, 1.82) is 0 Å². The largest absolute Gasteiger partial charge is 0.370 e. The minimum atomic E-state index is -0.333. The number of amides is 1.